The van der Waals surface area contributed by atoms with E-state index in [2.05, 4.69) is 16.0 Å². The van der Waals surface area contributed by atoms with Crippen molar-refractivity contribution in [1.82, 2.24) is 5.32 Å². The Morgan fingerprint density at radius 3 is 2.19 bits per heavy atom. The minimum atomic E-state index is -1.07. The minimum Gasteiger partial charge on any atom is -0.480 e. The van der Waals surface area contributed by atoms with Gasteiger partial charge in [0.15, 0.2) is 0 Å². The molecule has 1 saturated carbocycles. The Labute approximate surface area is 233 Å². The van der Waals surface area contributed by atoms with Crippen molar-refractivity contribution in [3.05, 3.63) is 69.2 Å². The van der Waals surface area contributed by atoms with Gasteiger partial charge in [-0.05, 0) is 42.5 Å². The van der Waals surface area contributed by atoms with Gasteiger partial charge in [0.25, 0.3) is 5.91 Å². The summed E-state index contributed by atoms with van der Waals surface area (Å²) in [6.45, 7) is 0. The molecule has 2 aromatic carbocycles. The third-order valence-electron chi connectivity index (χ3n) is 6.18. The van der Waals surface area contributed by atoms with Crippen molar-refractivity contribution in [2.24, 2.45) is 5.92 Å². The van der Waals surface area contributed by atoms with Crippen LogP contribution in [0.15, 0.2) is 48.5 Å². The molecule has 11 heteroatoms. The number of carboxylic acids is 1. The van der Waals surface area contributed by atoms with Gasteiger partial charge in [-0.25, -0.2) is 9.59 Å². The second kappa shape index (κ2) is 12.2. The van der Waals surface area contributed by atoms with Crippen LogP contribution < -0.4 is 16.0 Å². The highest BCUT2D eigenvalue weighted by Crippen LogP contribution is 2.37. The summed E-state index contributed by atoms with van der Waals surface area (Å²) in [7, 11) is 0. The monoisotopic (exact) mass is 579 g/mol. The number of benzene rings is 2. The molecule has 1 atom stereocenters. The normalized spacial score (nSPS) is 14.6. The number of nitrogens with one attached hydrogen (secondary N) is 3. The Kier molecular flexibility index (Phi) is 8.97. The van der Waals surface area contributed by atoms with Gasteiger partial charge in [-0.3, -0.25) is 10.1 Å². The molecule has 4 rings (SSSR count). The molecule has 0 saturated heterocycles. The zero-order valence-electron chi connectivity index (χ0n) is 19.5. The van der Waals surface area contributed by atoms with E-state index in [1.165, 1.54) is 23.5 Å². The summed E-state index contributed by atoms with van der Waals surface area (Å²) in [5.41, 5.74) is 1.18. The Morgan fingerprint density at radius 1 is 0.919 bits per heavy atom. The van der Waals surface area contributed by atoms with E-state index in [4.69, 9.17) is 34.8 Å². The highest BCUT2D eigenvalue weighted by atomic mass is 35.5. The van der Waals surface area contributed by atoms with Gasteiger partial charge in [0.05, 0.1) is 21.3 Å². The quantitative estimate of drug-likeness (QED) is 0.229. The van der Waals surface area contributed by atoms with Crippen molar-refractivity contribution in [2.45, 2.75) is 38.1 Å². The van der Waals surface area contributed by atoms with E-state index in [-0.39, 0.29) is 32.2 Å². The van der Waals surface area contributed by atoms with Crippen LogP contribution in [0, 0.1) is 5.92 Å². The van der Waals surface area contributed by atoms with Crippen LogP contribution in [-0.4, -0.2) is 29.1 Å². The van der Waals surface area contributed by atoms with Gasteiger partial charge in [-0.2, -0.15) is 0 Å². The fourth-order valence-electron chi connectivity index (χ4n) is 4.37. The van der Waals surface area contributed by atoms with Crippen molar-refractivity contribution in [2.75, 3.05) is 10.6 Å². The first-order chi connectivity index (χ1) is 17.7. The maximum atomic E-state index is 13.4. The van der Waals surface area contributed by atoms with E-state index in [1.54, 1.807) is 6.07 Å². The number of anilines is 2. The predicted molar refractivity (Wildman–Crippen MR) is 149 cm³/mol. The average molecular weight is 581 g/mol. The molecule has 1 heterocycles. The Hall–Kier alpha value is -2.78. The number of amides is 3. The van der Waals surface area contributed by atoms with Gasteiger partial charge < -0.3 is 15.7 Å². The third-order valence-corrected chi connectivity index (χ3v) is 8.10. The largest absolute Gasteiger partial charge is 0.480 e. The number of halogens is 3. The maximum absolute atomic E-state index is 13.4. The van der Waals surface area contributed by atoms with Crippen molar-refractivity contribution in [3.63, 3.8) is 0 Å². The van der Waals surface area contributed by atoms with Crippen LogP contribution in [0.25, 0.3) is 10.4 Å². The van der Waals surface area contributed by atoms with Gasteiger partial charge in [-0.1, -0.05) is 84.4 Å². The Balaban J connectivity index is 1.61. The molecule has 3 amide bonds. The highest BCUT2D eigenvalue weighted by Gasteiger charge is 2.32. The van der Waals surface area contributed by atoms with E-state index in [1.807, 2.05) is 30.3 Å². The van der Waals surface area contributed by atoms with E-state index < -0.39 is 23.9 Å². The van der Waals surface area contributed by atoms with Crippen LogP contribution >= 0.6 is 46.1 Å². The van der Waals surface area contributed by atoms with Gasteiger partial charge in [0.1, 0.15) is 11.0 Å². The molecule has 7 nitrogen and oxygen atoms in total. The first-order valence-corrected chi connectivity index (χ1v) is 13.6. The fraction of sp³-hybridized carbons (Fsp3) is 0.269. The van der Waals surface area contributed by atoms with Crippen molar-refractivity contribution >= 4 is 74.7 Å². The Morgan fingerprint density at radius 2 is 1.57 bits per heavy atom. The number of thiophene rings is 1. The fourth-order valence-corrected chi connectivity index (χ4v) is 6.34. The molecule has 1 aliphatic carbocycles. The standard InChI is InChI=1S/C26H24Cl3N3O4S/c27-16-11-18(28)22(19(29)12-16)31-26(36)32-24-17(13-20(37-24)14-7-3-1-4-8-14)23(33)30-21(25(34)35)15-9-5-2-6-10-15/h1,3-4,7-8,11-13,15,21H,2,5-6,9-10H2,(H,30,33)(H,34,35)(H2,31,32,36)/t21-/m1/s1. The summed E-state index contributed by atoms with van der Waals surface area (Å²) in [6.07, 6.45) is 4.42. The molecule has 194 valence electrons. The summed E-state index contributed by atoms with van der Waals surface area (Å²) >= 11 is 19.5. The molecule has 1 fully saturated rings. The molecule has 4 N–H and O–H groups in total. The number of hydrogen-bond acceptors (Lipinski definition) is 4. The maximum Gasteiger partial charge on any atom is 0.326 e. The van der Waals surface area contributed by atoms with Gasteiger partial charge in [0.2, 0.25) is 0 Å². The molecule has 0 spiro atoms. The molecule has 1 aliphatic rings. The van der Waals surface area contributed by atoms with Crippen LogP contribution in [0.5, 0.6) is 0 Å². The smallest absolute Gasteiger partial charge is 0.326 e. The number of carbonyl (C=O) groups is 3. The van der Waals surface area contributed by atoms with Crippen LogP contribution in [0.2, 0.25) is 15.1 Å². The summed E-state index contributed by atoms with van der Waals surface area (Å²) in [4.78, 5) is 39.0. The van der Waals surface area contributed by atoms with E-state index in [0.717, 1.165) is 42.5 Å². The first-order valence-electron chi connectivity index (χ1n) is 11.7. The van der Waals surface area contributed by atoms with Crippen LogP contribution in [0.1, 0.15) is 42.5 Å². The lowest BCUT2D eigenvalue weighted by molar-refractivity contribution is -0.141. The number of urea groups is 1. The van der Waals surface area contributed by atoms with Crippen LogP contribution in [-0.2, 0) is 4.79 Å². The summed E-state index contributed by atoms with van der Waals surface area (Å²) < 4.78 is 0. The summed E-state index contributed by atoms with van der Waals surface area (Å²) in [5.74, 6) is -1.79. The topological polar surface area (TPSA) is 108 Å². The molecule has 0 aliphatic heterocycles. The molecular weight excluding hydrogens is 557 g/mol. The van der Waals surface area contributed by atoms with Gasteiger partial charge >= 0.3 is 12.0 Å². The van der Waals surface area contributed by atoms with Gasteiger partial charge in [-0.15, -0.1) is 11.3 Å². The SMILES string of the molecule is O=C(Nc1sc(-c2ccccc2)cc1C(=O)N[C@@H](C(=O)O)C1CCCCC1)Nc1c(Cl)cc(Cl)cc1Cl. The van der Waals surface area contributed by atoms with Gasteiger partial charge in [0, 0.05) is 9.90 Å². The van der Waals surface area contributed by atoms with Crippen LogP contribution in [0.3, 0.4) is 0 Å². The molecule has 3 aromatic rings. The molecular formula is C26H24Cl3N3O4S. The lowest BCUT2D eigenvalue weighted by Crippen LogP contribution is -2.46. The van der Waals surface area contributed by atoms with Crippen molar-refractivity contribution in [3.8, 4) is 10.4 Å². The third kappa shape index (κ3) is 6.76. The second-order valence-electron chi connectivity index (χ2n) is 8.73. The van der Waals surface area contributed by atoms with Crippen molar-refractivity contribution < 1.29 is 19.5 Å². The summed E-state index contributed by atoms with van der Waals surface area (Å²) in [5, 5.41) is 18.7. The average Bonchev–Trinajstić information content (AvgIpc) is 3.29. The molecule has 0 unspecified atom stereocenters. The van der Waals surface area contributed by atoms with E-state index >= 15 is 0 Å². The number of hydrogen-bond donors (Lipinski definition) is 4. The molecule has 37 heavy (non-hydrogen) atoms. The zero-order valence-corrected chi connectivity index (χ0v) is 22.6. The van der Waals surface area contributed by atoms with E-state index in [9.17, 15) is 19.5 Å². The number of rotatable bonds is 7. The second-order valence-corrected chi connectivity index (χ2v) is 11.0. The zero-order chi connectivity index (χ0) is 26.5. The lowest BCUT2D eigenvalue weighted by atomic mass is 9.84. The van der Waals surface area contributed by atoms with Crippen LogP contribution in [0.4, 0.5) is 15.5 Å². The van der Waals surface area contributed by atoms with E-state index in [0.29, 0.717) is 5.02 Å². The van der Waals surface area contributed by atoms with Crippen molar-refractivity contribution in [1.29, 1.82) is 0 Å². The first kappa shape index (κ1) is 27.3. The number of aliphatic carboxylic acids is 1. The molecule has 0 radical (unpaired) electrons. The summed E-state index contributed by atoms with van der Waals surface area (Å²) in [6, 6.07) is 12.2. The molecule has 1 aromatic heterocycles. The minimum absolute atomic E-state index is 0.142. The Bertz CT molecular complexity index is 1290. The predicted octanol–water partition coefficient (Wildman–Crippen LogP) is 7.78. The number of carbonyl (C=O) groups excluding carboxylic acids is 2. The number of carboxylic acid groups (broad SMARTS) is 1. The highest BCUT2D eigenvalue weighted by molar-refractivity contribution is 7.20. The lowest BCUT2D eigenvalue weighted by Gasteiger charge is -2.28. The molecule has 0 bridgehead atoms.